The van der Waals surface area contributed by atoms with E-state index >= 15 is 0 Å². The Hall–Kier alpha value is -1.72. The fourth-order valence-electron chi connectivity index (χ4n) is 2.02. The molecule has 3 aromatic rings. The number of imidazole rings is 1. The van der Waals surface area contributed by atoms with E-state index in [1.165, 1.54) is 18.5 Å². The highest BCUT2D eigenvalue weighted by molar-refractivity contribution is 6.31. The highest BCUT2D eigenvalue weighted by atomic mass is 35.5. The van der Waals surface area contributed by atoms with Crippen LogP contribution in [-0.2, 0) is 12.4 Å². The van der Waals surface area contributed by atoms with Crippen LogP contribution in [0.2, 0.25) is 5.02 Å². The molecule has 2 heterocycles. The van der Waals surface area contributed by atoms with Crippen molar-refractivity contribution in [2.24, 2.45) is 0 Å². The van der Waals surface area contributed by atoms with E-state index in [1.54, 1.807) is 12.3 Å². The molecule has 0 saturated carbocycles. The summed E-state index contributed by atoms with van der Waals surface area (Å²) in [6.07, 6.45) is 3.12. The van der Waals surface area contributed by atoms with Crippen molar-refractivity contribution in [2.45, 2.75) is 12.4 Å². The lowest BCUT2D eigenvalue weighted by atomic mass is 10.3. The van der Waals surface area contributed by atoms with Crippen LogP contribution in [0.4, 0.5) is 4.39 Å². The van der Waals surface area contributed by atoms with Crippen LogP contribution < -0.4 is 0 Å². The SMILES string of the molecule is Fc1cc2c(cc1Cl)nc(CCl)n2Cc1ccncn1. The molecule has 7 heteroatoms. The fraction of sp³-hybridized carbons (Fsp3) is 0.154. The molecule has 0 unspecified atom stereocenters. The summed E-state index contributed by atoms with van der Waals surface area (Å²) < 4.78 is 15.5. The summed E-state index contributed by atoms with van der Waals surface area (Å²) in [4.78, 5) is 12.4. The molecule has 0 aliphatic heterocycles. The zero-order valence-electron chi connectivity index (χ0n) is 10.2. The highest BCUT2D eigenvalue weighted by Crippen LogP contribution is 2.25. The van der Waals surface area contributed by atoms with Gasteiger partial charge < -0.3 is 4.57 Å². The fourth-order valence-corrected chi connectivity index (χ4v) is 2.38. The number of fused-ring (bicyclic) bond motifs is 1. The summed E-state index contributed by atoms with van der Waals surface area (Å²) in [5.41, 5.74) is 2.04. The molecule has 0 spiro atoms. The van der Waals surface area contributed by atoms with Gasteiger partial charge in [0.05, 0.1) is 34.2 Å². The average Bonchev–Trinajstić information content (AvgIpc) is 2.78. The van der Waals surface area contributed by atoms with Gasteiger partial charge in [-0.2, -0.15) is 0 Å². The number of benzene rings is 1. The first-order valence-electron chi connectivity index (χ1n) is 5.84. The summed E-state index contributed by atoms with van der Waals surface area (Å²) in [5.74, 6) is 0.380. The first kappa shape index (κ1) is 13.3. The Kier molecular flexibility index (Phi) is 3.54. The topological polar surface area (TPSA) is 43.6 Å². The zero-order chi connectivity index (χ0) is 14.1. The van der Waals surface area contributed by atoms with Gasteiger partial charge in [-0.1, -0.05) is 11.6 Å². The van der Waals surface area contributed by atoms with Crippen molar-refractivity contribution in [3.8, 4) is 0 Å². The summed E-state index contributed by atoms with van der Waals surface area (Å²) in [6.45, 7) is 0.447. The van der Waals surface area contributed by atoms with Crippen molar-refractivity contribution in [1.82, 2.24) is 19.5 Å². The standard InChI is InChI=1S/C13H9Cl2FN4/c14-5-13-19-11-3-9(15)10(16)4-12(11)20(13)6-8-1-2-17-7-18-8/h1-4,7H,5-6H2. The van der Waals surface area contributed by atoms with Crippen LogP contribution in [0.15, 0.2) is 30.7 Å². The lowest BCUT2D eigenvalue weighted by Gasteiger charge is -2.07. The lowest BCUT2D eigenvalue weighted by molar-refractivity contribution is 0.628. The monoisotopic (exact) mass is 310 g/mol. The van der Waals surface area contributed by atoms with Gasteiger partial charge in [-0.3, -0.25) is 0 Å². The van der Waals surface area contributed by atoms with E-state index in [4.69, 9.17) is 23.2 Å². The van der Waals surface area contributed by atoms with Gasteiger partial charge >= 0.3 is 0 Å². The van der Waals surface area contributed by atoms with Gasteiger partial charge in [0.15, 0.2) is 0 Å². The summed E-state index contributed by atoms with van der Waals surface area (Å²) in [6, 6.07) is 4.65. The number of aromatic nitrogens is 4. The molecule has 102 valence electrons. The average molecular weight is 311 g/mol. The maximum absolute atomic E-state index is 13.6. The molecule has 0 fully saturated rings. The van der Waals surface area contributed by atoms with Crippen molar-refractivity contribution in [2.75, 3.05) is 0 Å². The third-order valence-corrected chi connectivity index (χ3v) is 3.48. The van der Waals surface area contributed by atoms with Crippen molar-refractivity contribution in [3.63, 3.8) is 0 Å². The second kappa shape index (κ2) is 5.34. The van der Waals surface area contributed by atoms with E-state index in [9.17, 15) is 4.39 Å². The van der Waals surface area contributed by atoms with E-state index in [0.717, 1.165) is 5.69 Å². The van der Waals surface area contributed by atoms with Crippen molar-refractivity contribution >= 4 is 34.2 Å². The summed E-state index contributed by atoms with van der Waals surface area (Å²) in [5, 5.41) is 0.0466. The Morgan fingerprint density at radius 1 is 1.30 bits per heavy atom. The number of nitrogens with zero attached hydrogens (tertiary/aromatic N) is 4. The minimum atomic E-state index is -0.482. The van der Waals surface area contributed by atoms with Crippen LogP contribution in [0.25, 0.3) is 11.0 Å². The molecule has 0 radical (unpaired) electrons. The quantitative estimate of drug-likeness (QED) is 0.696. The van der Waals surface area contributed by atoms with E-state index in [2.05, 4.69) is 15.0 Å². The van der Waals surface area contributed by atoms with Gasteiger partial charge in [-0.15, -0.1) is 11.6 Å². The Morgan fingerprint density at radius 2 is 2.15 bits per heavy atom. The molecule has 2 aromatic heterocycles. The van der Waals surface area contributed by atoms with Crippen molar-refractivity contribution in [3.05, 3.63) is 53.1 Å². The molecule has 3 rings (SSSR count). The highest BCUT2D eigenvalue weighted by Gasteiger charge is 2.13. The van der Waals surface area contributed by atoms with Gasteiger partial charge in [-0.05, 0) is 12.1 Å². The van der Waals surface area contributed by atoms with E-state index in [0.29, 0.717) is 23.4 Å². The van der Waals surface area contributed by atoms with Crippen LogP contribution in [0.1, 0.15) is 11.5 Å². The van der Waals surface area contributed by atoms with E-state index < -0.39 is 5.82 Å². The molecule has 0 amide bonds. The van der Waals surface area contributed by atoms with Crippen LogP contribution >= 0.6 is 23.2 Å². The third kappa shape index (κ3) is 2.34. The molecule has 1 aromatic carbocycles. The molecule has 0 aliphatic rings. The molecule has 0 atom stereocenters. The number of hydrogen-bond donors (Lipinski definition) is 0. The Balaban J connectivity index is 2.15. The van der Waals surface area contributed by atoms with Gasteiger partial charge in [0.25, 0.3) is 0 Å². The third-order valence-electron chi connectivity index (χ3n) is 2.95. The molecule has 0 aliphatic carbocycles. The maximum Gasteiger partial charge on any atom is 0.144 e. The van der Waals surface area contributed by atoms with Crippen LogP contribution in [0.3, 0.4) is 0 Å². The van der Waals surface area contributed by atoms with Crippen LogP contribution in [-0.4, -0.2) is 19.5 Å². The largest absolute Gasteiger partial charge is 0.321 e. The van der Waals surface area contributed by atoms with Crippen molar-refractivity contribution < 1.29 is 4.39 Å². The van der Waals surface area contributed by atoms with Gasteiger partial charge in [0.1, 0.15) is 18.0 Å². The molecule has 0 saturated heterocycles. The van der Waals surface area contributed by atoms with Gasteiger partial charge in [0, 0.05) is 12.3 Å². The molecular weight excluding hydrogens is 302 g/mol. The second-order valence-corrected chi connectivity index (χ2v) is 4.88. The Labute approximate surface area is 124 Å². The summed E-state index contributed by atoms with van der Waals surface area (Å²) >= 11 is 11.7. The lowest BCUT2D eigenvalue weighted by Crippen LogP contribution is -2.05. The van der Waals surface area contributed by atoms with Crippen LogP contribution in [0, 0.1) is 5.82 Å². The first-order valence-corrected chi connectivity index (χ1v) is 6.75. The normalized spacial score (nSPS) is 11.2. The Bertz CT molecular complexity index is 758. The molecule has 20 heavy (non-hydrogen) atoms. The number of rotatable bonds is 3. The van der Waals surface area contributed by atoms with Crippen LogP contribution in [0.5, 0.6) is 0 Å². The van der Waals surface area contributed by atoms with E-state index in [1.807, 2.05) is 4.57 Å². The predicted octanol–water partition coefficient (Wildman–Crippen LogP) is 3.41. The Morgan fingerprint density at radius 3 is 2.85 bits per heavy atom. The zero-order valence-corrected chi connectivity index (χ0v) is 11.7. The minimum absolute atomic E-state index is 0.0466. The molecular formula is C13H9Cl2FN4. The molecule has 0 N–H and O–H groups in total. The molecule has 4 nitrogen and oxygen atoms in total. The number of halogens is 3. The van der Waals surface area contributed by atoms with Gasteiger partial charge in [-0.25, -0.2) is 19.3 Å². The smallest absolute Gasteiger partial charge is 0.144 e. The van der Waals surface area contributed by atoms with Gasteiger partial charge in [0.2, 0.25) is 0 Å². The second-order valence-electron chi connectivity index (χ2n) is 4.20. The number of hydrogen-bond acceptors (Lipinski definition) is 3. The summed E-state index contributed by atoms with van der Waals surface area (Å²) in [7, 11) is 0. The molecule has 0 bridgehead atoms. The van der Waals surface area contributed by atoms with E-state index in [-0.39, 0.29) is 10.9 Å². The predicted molar refractivity (Wildman–Crippen MR) is 75.4 cm³/mol. The first-order chi connectivity index (χ1) is 9.69. The minimum Gasteiger partial charge on any atom is -0.321 e. The number of alkyl halides is 1. The van der Waals surface area contributed by atoms with Crippen molar-refractivity contribution in [1.29, 1.82) is 0 Å². The maximum atomic E-state index is 13.6.